The van der Waals surface area contributed by atoms with E-state index in [-0.39, 0.29) is 5.69 Å². The summed E-state index contributed by atoms with van der Waals surface area (Å²) in [6, 6.07) is 30.7. The number of benzene rings is 3. The maximum absolute atomic E-state index is 13.9. The van der Waals surface area contributed by atoms with Gasteiger partial charge in [-0.1, -0.05) is 125 Å². The fraction of sp³-hybridized carbons (Fsp3) is 0.323. The maximum atomic E-state index is 13.9. The third-order valence-electron chi connectivity index (χ3n) is 6.90. The Morgan fingerprint density at radius 1 is 0.711 bits per heavy atom. The summed E-state index contributed by atoms with van der Waals surface area (Å²) >= 11 is 0. The summed E-state index contributed by atoms with van der Waals surface area (Å²) in [5.74, 6) is 0.825. The maximum Gasteiger partial charge on any atom is 0.692 e. The van der Waals surface area contributed by atoms with E-state index in [1.807, 2.05) is 63.7 Å². The molecule has 0 unspecified atom stereocenters. The zero-order valence-electron chi connectivity index (χ0n) is 22.2. The number of hydrogen-bond donors (Lipinski definition) is 2. The van der Waals surface area contributed by atoms with Crippen molar-refractivity contribution in [3.63, 3.8) is 0 Å². The van der Waals surface area contributed by atoms with E-state index >= 15 is 0 Å². The van der Waals surface area contributed by atoms with Crippen LogP contribution in [-0.4, -0.2) is 18.9 Å². The summed E-state index contributed by atoms with van der Waals surface area (Å²) in [5, 5.41) is 0. The molecule has 0 saturated heterocycles. The van der Waals surface area contributed by atoms with E-state index in [1.54, 1.807) is 0 Å². The van der Waals surface area contributed by atoms with Crippen LogP contribution in [0.15, 0.2) is 95.8 Å². The van der Waals surface area contributed by atoms with E-state index < -0.39 is 8.25 Å². The van der Waals surface area contributed by atoms with Gasteiger partial charge in [0.05, 0.1) is 17.1 Å². The predicted octanol–water partition coefficient (Wildman–Crippen LogP) is 7.60. The Bertz CT molecular complexity index is 1310. The van der Waals surface area contributed by atoms with Crippen LogP contribution in [0.3, 0.4) is 0 Å². The Kier molecular flexibility index (Phi) is 11.7. The van der Waals surface area contributed by atoms with E-state index in [4.69, 9.17) is 14.4 Å². The highest BCUT2D eigenvalue weighted by Crippen LogP contribution is 2.33. The van der Waals surface area contributed by atoms with Gasteiger partial charge in [0.2, 0.25) is 0 Å². The van der Waals surface area contributed by atoms with Crippen molar-refractivity contribution in [2.24, 2.45) is 5.92 Å². The second-order valence-corrected chi connectivity index (χ2v) is 9.82. The normalized spacial score (nSPS) is 10.8. The minimum atomic E-state index is -2.87. The molecule has 1 aromatic heterocycles. The molecule has 0 bridgehead atoms. The molecule has 0 amide bonds. The molecule has 0 aliphatic rings. The van der Waals surface area contributed by atoms with Crippen molar-refractivity contribution >= 4 is 8.25 Å². The molecule has 1 heterocycles. The van der Waals surface area contributed by atoms with Gasteiger partial charge in [-0.05, 0) is 24.5 Å². The van der Waals surface area contributed by atoms with Crippen LogP contribution in [0.2, 0.25) is 0 Å². The summed E-state index contributed by atoms with van der Waals surface area (Å²) in [4.78, 5) is 28.2. The predicted molar refractivity (Wildman–Crippen MR) is 155 cm³/mol. The summed E-state index contributed by atoms with van der Waals surface area (Å²) in [6.07, 6.45) is 7.19. The Balaban J connectivity index is 0.000000934. The van der Waals surface area contributed by atoms with Crippen molar-refractivity contribution < 1.29 is 14.4 Å². The highest BCUT2D eigenvalue weighted by atomic mass is 31.1. The third kappa shape index (κ3) is 7.84. The van der Waals surface area contributed by atoms with Crippen LogP contribution in [0.5, 0.6) is 0 Å². The topological polar surface area (TPSA) is 84.5 Å². The zero-order valence-corrected chi connectivity index (χ0v) is 23.1. The molecule has 38 heavy (non-hydrogen) atoms. The number of aromatic nitrogens is 2. The fourth-order valence-electron chi connectivity index (χ4n) is 4.90. The van der Waals surface area contributed by atoms with Gasteiger partial charge in [-0.25, -0.2) is 4.79 Å². The molecule has 0 saturated carbocycles. The number of imidazole rings is 1. The van der Waals surface area contributed by atoms with Crippen LogP contribution >= 0.6 is 8.25 Å². The first-order valence-corrected chi connectivity index (χ1v) is 14.5. The number of hydrogen-bond acceptors (Lipinski definition) is 2. The van der Waals surface area contributed by atoms with Gasteiger partial charge < -0.3 is 0 Å². The molecular formula is C31H38N2O4P+. The molecule has 4 rings (SSSR count). The van der Waals surface area contributed by atoms with Gasteiger partial charge in [-0.15, -0.1) is 9.79 Å². The monoisotopic (exact) mass is 533 g/mol. The quantitative estimate of drug-likeness (QED) is 0.154. The lowest BCUT2D eigenvalue weighted by Crippen LogP contribution is -2.24. The van der Waals surface area contributed by atoms with Crippen LogP contribution in [0.1, 0.15) is 52.4 Å². The minimum absolute atomic E-state index is 0.0314. The molecule has 0 radical (unpaired) electrons. The fourth-order valence-corrected chi connectivity index (χ4v) is 4.90. The van der Waals surface area contributed by atoms with Crippen LogP contribution in [0, 0.1) is 5.92 Å². The number of rotatable bonds is 11. The van der Waals surface area contributed by atoms with E-state index in [0.717, 1.165) is 53.5 Å². The highest BCUT2D eigenvalue weighted by molar-refractivity contribution is 7.30. The standard InChI is InChI=1S/C31H36N2O.HO3P/c1-3-25(4-2)17-9-8-16-24-32-29(26-18-10-5-11-19-26)30(27-20-12-6-13-21-27)33(31(32)34)28-22-14-7-15-23-28;1-4(2)3/h5-7,10-15,18-23,25H,3-4,8-9,16-17,24H2,1-2H3;(H-,1,2,3)/p+1. The average molecular weight is 534 g/mol. The van der Waals surface area contributed by atoms with Gasteiger partial charge >= 0.3 is 13.9 Å². The molecule has 2 N–H and O–H groups in total. The van der Waals surface area contributed by atoms with E-state index in [2.05, 4.69) is 50.2 Å². The van der Waals surface area contributed by atoms with Gasteiger partial charge in [-0.3, -0.25) is 9.13 Å². The lowest BCUT2D eigenvalue weighted by atomic mass is 9.96. The van der Waals surface area contributed by atoms with Crippen molar-refractivity contribution in [3.05, 3.63) is 101 Å². The van der Waals surface area contributed by atoms with Crippen LogP contribution in [-0.2, 0) is 11.1 Å². The van der Waals surface area contributed by atoms with E-state index in [1.165, 1.54) is 25.7 Å². The van der Waals surface area contributed by atoms with Crippen molar-refractivity contribution in [1.82, 2.24) is 9.13 Å². The average Bonchev–Trinajstić information content (AvgIpc) is 3.23. The molecular weight excluding hydrogens is 495 g/mol. The zero-order chi connectivity index (χ0) is 27.3. The number of unbranched alkanes of at least 4 members (excludes halogenated alkanes) is 2. The Morgan fingerprint density at radius 3 is 1.68 bits per heavy atom. The first-order valence-electron chi connectivity index (χ1n) is 13.3. The van der Waals surface area contributed by atoms with Crippen LogP contribution < -0.4 is 5.69 Å². The van der Waals surface area contributed by atoms with Crippen molar-refractivity contribution in [3.8, 4) is 28.2 Å². The minimum Gasteiger partial charge on any atom is -0.291 e. The Hall–Kier alpha value is -3.31. The molecule has 200 valence electrons. The summed E-state index contributed by atoms with van der Waals surface area (Å²) < 4.78 is 12.6. The summed E-state index contributed by atoms with van der Waals surface area (Å²) in [7, 11) is -2.87. The third-order valence-corrected chi connectivity index (χ3v) is 6.90. The molecule has 0 aliphatic carbocycles. The second-order valence-electron chi connectivity index (χ2n) is 9.32. The lowest BCUT2D eigenvalue weighted by Gasteiger charge is -2.13. The summed E-state index contributed by atoms with van der Waals surface area (Å²) in [5.41, 5.74) is 5.01. The molecule has 0 fully saturated rings. The molecule has 7 heteroatoms. The molecule has 0 atom stereocenters. The second kappa shape index (κ2) is 15.2. The van der Waals surface area contributed by atoms with Crippen molar-refractivity contribution in [1.29, 1.82) is 0 Å². The van der Waals surface area contributed by atoms with Gasteiger partial charge in [-0.2, -0.15) is 0 Å². The van der Waals surface area contributed by atoms with Crippen LogP contribution in [0.25, 0.3) is 28.2 Å². The first-order chi connectivity index (χ1) is 18.5. The Labute approximate surface area is 226 Å². The first kappa shape index (κ1) is 29.2. The lowest BCUT2D eigenvalue weighted by molar-refractivity contribution is 0.405. The molecule has 6 nitrogen and oxygen atoms in total. The van der Waals surface area contributed by atoms with Gasteiger partial charge in [0, 0.05) is 22.2 Å². The summed E-state index contributed by atoms with van der Waals surface area (Å²) in [6.45, 7) is 5.31. The number of para-hydroxylation sites is 1. The largest absolute Gasteiger partial charge is 0.692 e. The van der Waals surface area contributed by atoms with Crippen molar-refractivity contribution in [2.45, 2.75) is 58.9 Å². The van der Waals surface area contributed by atoms with Gasteiger partial charge in [0.25, 0.3) is 0 Å². The van der Waals surface area contributed by atoms with Gasteiger partial charge in [0.1, 0.15) is 0 Å². The van der Waals surface area contributed by atoms with E-state index in [0.29, 0.717) is 0 Å². The van der Waals surface area contributed by atoms with Gasteiger partial charge in [0.15, 0.2) is 0 Å². The molecule has 3 aromatic carbocycles. The molecule has 0 spiro atoms. The highest BCUT2D eigenvalue weighted by Gasteiger charge is 2.23. The Morgan fingerprint density at radius 2 is 1.18 bits per heavy atom. The van der Waals surface area contributed by atoms with E-state index in [9.17, 15) is 4.79 Å². The molecule has 4 aromatic rings. The number of nitrogens with zero attached hydrogens (tertiary/aromatic N) is 2. The van der Waals surface area contributed by atoms with Crippen LogP contribution in [0.4, 0.5) is 0 Å². The smallest absolute Gasteiger partial charge is 0.291 e. The van der Waals surface area contributed by atoms with Crippen molar-refractivity contribution in [2.75, 3.05) is 0 Å². The molecule has 0 aliphatic heterocycles. The SMILES string of the molecule is CCC(CC)CCCCCn1c(-c2ccccc2)c(-c2ccccc2)n(-c2ccccc2)c1=O.O=[P+](O)O.